The Labute approximate surface area is 220 Å². The summed E-state index contributed by atoms with van der Waals surface area (Å²) in [5.41, 5.74) is 0.227. The summed E-state index contributed by atoms with van der Waals surface area (Å²) in [6.45, 7) is 0.208. The number of benzene rings is 1. The topological polar surface area (TPSA) is 150 Å². The summed E-state index contributed by atoms with van der Waals surface area (Å²) < 4.78 is 0. The number of hydrogen-bond acceptors (Lipinski definition) is 8. The number of pyridine rings is 2. The van der Waals surface area contributed by atoms with Crippen molar-refractivity contribution in [2.24, 2.45) is 0 Å². The minimum atomic E-state index is -1.12. The molecule has 0 radical (unpaired) electrons. The third-order valence-corrected chi connectivity index (χ3v) is 6.02. The van der Waals surface area contributed by atoms with E-state index in [0.717, 1.165) is 0 Å². The van der Waals surface area contributed by atoms with Gasteiger partial charge in [0.1, 0.15) is 11.4 Å². The van der Waals surface area contributed by atoms with Crippen LogP contribution in [0.2, 0.25) is 10.0 Å². The van der Waals surface area contributed by atoms with E-state index < -0.39 is 28.8 Å². The van der Waals surface area contributed by atoms with Gasteiger partial charge in [0.2, 0.25) is 0 Å². The molecule has 188 valence electrons. The van der Waals surface area contributed by atoms with Crippen LogP contribution in [0.4, 0.5) is 17.1 Å². The minimum absolute atomic E-state index is 0.00373. The first kappa shape index (κ1) is 25.8. The van der Waals surface area contributed by atoms with Crippen molar-refractivity contribution in [3.8, 4) is 0 Å². The summed E-state index contributed by atoms with van der Waals surface area (Å²) in [5.74, 6) is -1.62. The van der Waals surface area contributed by atoms with Crippen molar-refractivity contribution in [2.45, 2.75) is 19.0 Å². The van der Waals surface area contributed by atoms with Crippen LogP contribution >= 0.6 is 23.2 Å². The maximum atomic E-state index is 12.7. The molecule has 12 heteroatoms. The van der Waals surface area contributed by atoms with Gasteiger partial charge in [-0.1, -0.05) is 41.4 Å². The summed E-state index contributed by atoms with van der Waals surface area (Å²) in [5, 5.41) is 18.1. The molecule has 0 spiro atoms. The van der Waals surface area contributed by atoms with Crippen LogP contribution in [0.3, 0.4) is 0 Å². The Kier molecular flexibility index (Phi) is 7.80. The predicted octanol–water partition coefficient (Wildman–Crippen LogP) is 3.87. The Morgan fingerprint density at radius 2 is 1.59 bits per heavy atom. The Balaban J connectivity index is 1.51. The molecule has 1 unspecified atom stereocenters. The van der Waals surface area contributed by atoms with Crippen LogP contribution in [0, 0.1) is 0 Å². The SMILES string of the molecule is O=C(O)CC(Nc1c(NCc2ccccn2)c(=O)c1=O)c1ccc(C(=O)Nc2c(Cl)cncc2Cl)cc1. The Morgan fingerprint density at radius 3 is 2.22 bits per heavy atom. The van der Waals surface area contributed by atoms with E-state index in [1.54, 1.807) is 36.5 Å². The summed E-state index contributed by atoms with van der Waals surface area (Å²) in [6, 6.07) is 10.5. The minimum Gasteiger partial charge on any atom is -0.481 e. The predicted molar refractivity (Wildman–Crippen MR) is 140 cm³/mol. The number of nitrogens with one attached hydrogen (secondary N) is 3. The standard InChI is InChI=1S/C25H19Cl2N5O5/c26-16-11-28-12-17(27)20(16)32-25(37)14-6-4-13(5-7-14)18(9-19(33)34)31-22-21(23(35)24(22)36)30-10-15-3-1-2-8-29-15/h1-8,11-12,18,30-31H,9-10H2,(H,33,34)(H,28,32,37). The summed E-state index contributed by atoms with van der Waals surface area (Å²) in [4.78, 5) is 56.6. The molecule has 0 fully saturated rings. The van der Waals surface area contributed by atoms with Crippen molar-refractivity contribution >= 4 is 52.1 Å². The fourth-order valence-corrected chi connectivity index (χ4v) is 4.02. The van der Waals surface area contributed by atoms with Gasteiger partial charge >= 0.3 is 5.97 Å². The van der Waals surface area contributed by atoms with E-state index in [9.17, 15) is 24.3 Å². The largest absolute Gasteiger partial charge is 0.481 e. The lowest BCUT2D eigenvalue weighted by atomic mass is 10.0. The number of halogens is 2. The van der Waals surface area contributed by atoms with Crippen LogP contribution in [-0.2, 0) is 11.3 Å². The van der Waals surface area contributed by atoms with Gasteiger partial charge in [0.05, 0.1) is 40.4 Å². The van der Waals surface area contributed by atoms with Crippen molar-refractivity contribution in [3.63, 3.8) is 0 Å². The number of carbonyl (C=O) groups is 2. The zero-order chi connectivity index (χ0) is 26.5. The van der Waals surface area contributed by atoms with Crippen LogP contribution in [0.5, 0.6) is 0 Å². The van der Waals surface area contributed by atoms with Gasteiger partial charge in [0.15, 0.2) is 0 Å². The first-order valence-corrected chi connectivity index (χ1v) is 11.7. The smallest absolute Gasteiger partial charge is 0.305 e. The molecular formula is C25H19Cl2N5O5. The molecule has 2 aromatic heterocycles. The highest BCUT2D eigenvalue weighted by atomic mass is 35.5. The Hall–Kier alpha value is -4.28. The quantitative estimate of drug-likeness (QED) is 0.220. The van der Waals surface area contributed by atoms with Crippen molar-refractivity contribution < 1.29 is 14.7 Å². The molecule has 2 heterocycles. The van der Waals surface area contributed by atoms with E-state index >= 15 is 0 Å². The Morgan fingerprint density at radius 1 is 0.919 bits per heavy atom. The second-order valence-electron chi connectivity index (χ2n) is 7.93. The van der Waals surface area contributed by atoms with Crippen molar-refractivity contribution in [2.75, 3.05) is 16.0 Å². The summed E-state index contributed by atoms with van der Waals surface area (Å²) in [6.07, 6.45) is 3.90. The van der Waals surface area contributed by atoms with Crippen LogP contribution in [0.25, 0.3) is 0 Å². The van der Waals surface area contributed by atoms with Gasteiger partial charge in [-0.15, -0.1) is 0 Å². The van der Waals surface area contributed by atoms with E-state index in [1.807, 2.05) is 0 Å². The van der Waals surface area contributed by atoms with Crippen LogP contribution in [0.15, 0.2) is 70.6 Å². The maximum Gasteiger partial charge on any atom is 0.305 e. The zero-order valence-corrected chi connectivity index (χ0v) is 20.5. The van der Waals surface area contributed by atoms with Gasteiger partial charge in [0.25, 0.3) is 16.8 Å². The summed E-state index contributed by atoms with van der Waals surface area (Å²) in [7, 11) is 0. The fourth-order valence-electron chi connectivity index (χ4n) is 3.56. The van der Waals surface area contributed by atoms with E-state index in [0.29, 0.717) is 11.3 Å². The monoisotopic (exact) mass is 539 g/mol. The number of aromatic nitrogens is 2. The number of carboxylic acids is 1. The molecule has 4 aromatic rings. The number of anilines is 3. The van der Waals surface area contributed by atoms with Crippen LogP contribution in [-0.4, -0.2) is 27.0 Å². The molecule has 1 atom stereocenters. The highest BCUT2D eigenvalue weighted by Crippen LogP contribution is 2.30. The molecule has 37 heavy (non-hydrogen) atoms. The first-order valence-electron chi connectivity index (χ1n) is 10.9. The van der Waals surface area contributed by atoms with E-state index in [2.05, 4.69) is 25.9 Å². The molecule has 0 bridgehead atoms. The normalized spacial score (nSPS) is 11.6. The molecule has 1 amide bonds. The second-order valence-corrected chi connectivity index (χ2v) is 8.75. The van der Waals surface area contributed by atoms with Crippen LogP contribution in [0.1, 0.15) is 34.1 Å². The van der Waals surface area contributed by atoms with Gasteiger partial charge in [0, 0.05) is 24.2 Å². The van der Waals surface area contributed by atoms with Crippen molar-refractivity contribution in [1.82, 2.24) is 9.97 Å². The number of nitrogens with zero attached hydrogens (tertiary/aromatic N) is 2. The van der Waals surface area contributed by atoms with Crippen molar-refractivity contribution in [1.29, 1.82) is 0 Å². The highest BCUT2D eigenvalue weighted by molar-refractivity contribution is 6.39. The number of carboxylic acid groups (broad SMARTS) is 1. The van der Waals surface area contributed by atoms with Gasteiger partial charge in [-0.2, -0.15) is 0 Å². The lowest BCUT2D eigenvalue weighted by molar-refractivity contribution is -0.137. The lowest BCUT2D eigenvalue weighted by Crippen LogP contribution is -2.38. The second kappa shape index (κ2) is 11.2. The van der Waals surface area contributed by atoms with Crippen LogP contribution < -0.4 is 26.8 Å². The number of rotatable bonds is 10. The third kappa shape index (κ3) is 5.93. The average Bonchev–Trinajstić information content (AvgIpc) is 2.89. The molecule has 0 aliphatic rings. The average molecular weight is 540 g/mol. The molecule has 0 saturated carbocycles. The molecule has 4 N–H and O–H groups in total. The third-order valence-electron chi connectivity index (χ3n) is 5.45. The van der Waals surface area contributed by atoms with E-state index in [-0.39, 0.29) is 45.6 Å². The van der Waals surface area contributed by atoms with Crippen molar-refractivity contribution in [3.05, 3.63) is 108 Å². The molecule has 10 nitrogen and oxygen atoms in total. The molecule has 2 aromatic carbocycles. The number of amides is 1. The number of hydrogen-bond donors (Lipinski definition) is 4. The lowest BCUT2D eigenvalue weighted by Gasteiger charge is -2.22. The Bertz CT molecular complexity index is 1500. The number of aliphatic carboxylic acids is 1. The fraction of sp³-hybridized carbons (Fsp3) is 0.120. The summed E-state index contributed by atoms with van der Waals surface area (Å²) >= 11 is 12.1. The van der Waals surface area contributed by atoms with E-state index in [4.69, 9.17) is 23.2 Å². The van der Waals surface area contributed by atoms with Gasteiger partial charge < -0.3 is 21.1 Å². The van der Waals surface area contributed by atoms with Gasteiger partial charge in [-0.25, -0.2) is 0 Å². The van der Waals surface area contributed by atoms with E-state index in [1.165, 1.54) is 24.5 Å². The molecule has 0 aliphatic carbocycles. The zero-order valence-electron chi connectivity index (χ0n) is 19.0. The maximum absolute atomic E-state index is 12.7. The number of carbonyl (C=O) groups excluding carboxylic acids is 1. The van der Waals surface area contributed by atoms with Gasteiger partial charge in [-0.05, 0) is 29.8 Å². The molecular weight excluding hydrogens is 521 g/mol. The molecule has 0 saturated heterocycles. The highest BCUT2D eigenvalue weighted by Gasteiger charge is 2.25. The van der Waals surface area contributed by atoms with Gasteiger partial charge in [-0.3, -0.25) is 29.1 Å². The molecule has 0 aliphatic heterocycles. The first-order chi connectivity index (χ1) is 17.7. The molecule has 4 rings (SSSR count).